The van der Waals surface area contributed by atoms with Gasteiger partial charge in [-0.2, -0.15) is 0 Å². The second kappa shape index (κ2) is 5.58. The number of hydrogen-bond acceptors (Lipinski definition) is 6. The van der Waals surface area contributed by atoms with Crippen LogP contribution in [0, 0.1) is 0 Å². The van der Waals surface area contributed by atoms with E-state index in [0.717, 1.165) is 0 Å². The largest absolute Gasteiger partial charge is 0.484 e. The Balaban J connectivity index is 1.86. The van der Waals surface area contributed by atoms with Gasteiger partial charge in [0.2, 0.25) is 0 Å². The van der Waals surface area contributed by atoms with E-state index >= 15 is 0 Å². The lowest BCUT2D eigenvalue weighted by Gasteiger charge is -2.00. The fourth-order valence-electron chi connectivity index (χ4n) is 1.86. The molecule has 0 spiro atoms. The summed E-state index contributed by atoms with van der Waals surface area (Å²) in [5.74, 6) is 0.646. The molecule has 3 aromatic heterocycles. The van der Waals surface area contributed by atoms with E-state index in [0.29, 0.717) is 22.8 Å². The lowest BCUT2D eigenvalue weighted by Crippen LogP contribution is -2.04. The van der Waals surface area contributed by atoms with E-state index in [1.807, 2.05) is 0 Å². The quantitative estimate of drug-likeness (QED) is 0.675. The van der Waals surface area contributed by atoms with E-state index in [9.17, 15) is 4.79 Å². The van der Waals surface area contributed by atoms with Crippen molar-refractivity contribution in [3.63, 3.8) is 0 Å². The van der Waals surface area contributed by atoms with Crippen molar-refractivity contribution in [2.45, 2.75) is 6.61 Å². The van der Waals surface area contributed by atoms with Crippen molar-refractivity contribution in [3.8, 4) is 5.75 Å². The molecule has 21 heavy (non-hydrogen) atoms. The zero-order chi connectivity index (χ0) is 14.7. The molecule has 0 atom stereocenters. The zero-order valence-electron chi connectivity index (χ0n) is 11.3. The van der Waals surface area contributed by atoms with Crippen molar-refractivity contribution >= 4 is 11.6 Å². The van der Waals surface area contributed by atoms with Gasteiger partial charge in [0, 0.05) is 12.4 Å². The van der Waals surface area contributed by atoms with Gasteiger partial charge in [-0.05, 0) is 24.3 Å². The van der Waals surface area contributed by atoms with Crippen LogP contribution < -0.4 is 4.74 Å². The van der Waals surface area contributed by atoms with Crippen LogP contribution in [0.1, 0.15) is 16.2 Å². The van der Waals surface area contributed by atoms with Crippen molar-refractivity contribution in [2.75, 3.05) is 7.11 Å². The Morgan fingerprint density at radius 1 is 1.33 bits per heavy atom. The monoisotopic (exact) mass is 284 g/mol. The van der Waals surface area contributed by atoms with Gasteiger partial charge in [0.15, 0.2) is 11.5 Å². The number of methoxy groups -OCH3 is 1. The predicted octanol–water partition coefficient (Wildman–Crippen LogP) is 1.49. The van der Waals surface area contributed by atoms with Crippen LogP contribution in [0.15, 0.2) is 42.9 Å². The SMILES string of the molecule is COC(=O)c1cccn2nc(COc3cccnc3)nc12. The molecule has 106 valence electrons. The molecular formula is C14H12N4O3. The van der Waals surface area contributed by atoms with Crippen LogP contribution in [0.3, 0.4) is 0 Å². The molecule has 0 N–H and O–H groups in total. The second-order valence-corrected chi connectivity index (χ2v) is 4.19. The highest BCUT2D eigenvalue weighted by Crippen LogP contribution is 2.12. The lowest BCUT2D eigenvalue weighted by atomic mass is 10.3. The Morgan fingerprint density at radius 3 is 3.00 bits per heavy atom. The van der Waals surface area contributed by atoms with Gasteiger partial charge in [0.05, 0.1) is 13.3 Å². The van der Waals surface area contributed by atoms with Crippen LogP contribution in [0.2, 0.25) is 0 Å². The number of esters is 1. The molecule has 7 heteroatoms. The van der Waals surface area contributed by atoms with Crippen molar-refractivity contribution in [3.05, 3.63) is 54.2 Å². The third-order valence-electron chi connectivity index (χ3n) is 2.81. The van der Waals surface area contributed by atoms with Crippen LogP contribution >= 0.6 is 0 Å². The molecule has 0 bridgehead atoms. The van der Waals surface area contributed by atoms with Gasteiger partial charge in [0.1, 0.15) is 17.9 Å². The Kier molecular flexibility index (Phi) is 3.46. The number of nitrogens with zero attached hydrogens (tertiary/aromatic N) is 4. The Morgan fingerprint density at radius 2 is 2.24 bits per heavy atom. The molecule has 3 aromatic rings. The Labute approximate surface area is 120 Å². The first-order valence-electron chi connectivity index (χ1n) is 6.23. The van der Waals surface area contributed by atoms with Gasteiger partial charge in [-0.1, -0.05) is 0 Å². The number of carbonyl (C=O) groups excluding carboxylic acids is 1. The molecule has 0 fully saturated rings. The second-order valence-electron chi connectivity index (χ2n) is 4.19. The normalized spacial score (nSPS) is 10.5. The molecule has 3 heterocycles. The minimum Gasteiger partial charge on any atom is -0.484 e. The first-order valence-corrected chi connectivity index (χ1v) is 6.23. The summed E-state index contributed by atoms with van der Waals surface area (Å²) in [4.78, 5) is 19.9. The summed E-state index contributed by atoms with van der Waals surface area (Å²) in [6.07, 6.45) is 4.98. The van der Waals surface area contributed by atoms with Crippen LogP contribution in [0.4, 0.5) is 0 Å². The van der Waals surface area contributed by atoms with Crippen LogP contribution in [0.25, 0.3) is 5.65 Å². The maximum absolute atomic E-state index is 11.7. The van der Waals surface area contributed by atoms with Gasteiger partial charge in [-0.3, -0.25) is 4.98 Å². The van der Waals surface area contributed by atoms with Gasteiger partial charge in [-0.15, -0.1) is 5.10 Å². The van der Waals surface area contributed by atoms with Crippen molar-refractivity contribution in [2.24, 2.45) is 0 Å². The first kappa shape index (κ1) is 13.0. The molecule has 0 radical (unpaired) electrons. The molecule has 0 saturated heterocycles. The topological polar surface area (TPSA) is 78.6 Å². The fourth-order valence-corrected chi connectivity index (χ4v) is 1.86. The predicted molar refractivity (Wildman–Crippen MR) is 72.9 cm³/mol. The zero-order valence-corrected chi connectivity index (χ0v) is 11.3. The average molecular weight is 284 g/mol. The number of aromatic nitrogens is 4. The van der Waals surface area contributed by atoms with Crippen LogP contribution in [0.5, 0.6) is 5.75 Å². The number of ether oxygens (including phenoxy) is 2. The molecule has 0 aliphatic rings. The molecule has 0 saturated carbocycles. The van der Waals surface area contributed by atoms with Gasteiger partial charge in [0.25, 0.3) is 0 Å². The molecule has 0 unspecified atom stereocenters. The maximum Gasteiger partial charge on any atom is 0.341 e. The molecule has 7 nitrogen and oxygen atoms in total. The summed E-state index contributed by atoms with van der Waals surface area (Å²) in [6.45, 7) is 0.188. The van der Waals surface area contributed by atoms with Crippen LogP contribution in [-0.2, 0) is 11.3 Å². The number of carbonyl (C=O) groups is 1. The third kappa shape index (κ3) is 2.66. The van der Waals surface area contributed by atoms with Gasteiger partial charge >= 0.3 is 5.97 Å². The maximum atomic E-state index is 11.7. The molecular weight excluding hydrogens is 272 g/mol. The fraction of sp³-hybridized carbons (Fsp3) is 0.143. The highest BCUT2D eigenvalue weighted by Gasteiger charge is 2.14. The standard InChI is InChI=1S/C14H12N4O3/c1-20-14(19)11-5-3-7-18-13(11)16-12(17-18)9-21-10-4-2-6-15-8-10/h2-8H,9H2,1H3. The Hall–Kier alpha value is -2.96. The highest BCUT2D eigenvalue weighted by atomic mass is 16.5. The molecule has 0 amide bonds. The molecule has 0 aromatic carbocycles. The van der Waals surface area contributed by atoms with E-state index < -0.39 is 5.97 Å². The van der Waals surface area contributed by atoms with E-state index in [1.165, 1.54) is 11.6 Å². The summed E-state index contributed by atoms with van der Waals surface area (Å²) in [5, 5.41) is 4.26. The Bertz CT molecular complexity index is 770. The summed E-state index contributed by atoms with van der Waals surface area (Å²) in [7, 11) is 1.33. The van der Waals surface area contributed by atoms with Gasteiger partial charge < -0.3 is 9.47 Å². The number of fused-ring (bicyclic) bond motifs is 1. The van der Waals surface area contributed by atoms with Crippen molar-refractivity contribution < 1.29 is 14.3 Å². The lowest BCUT2D eigenvalue weighted by molar-refractivity contribution is 0.0602. The summed E-state index contributed by atoms with van der Waals surface area (Å²) < 4.78 is 11.8. The minimum atomic E-state index is -0.451. The van der Waals surface area contributed by atoms with Crippen LogP contribution in [-0.4, -0.2) is 32.7 Å². The number of rotatable bonds is 4. The molecule has 0 aliphatic carbocycles. The summed E-state index contributed by atoms with van der Waals surface area (Å²) in [6, 6.07) is 6.92. The van der Waals surface area contributed by atoms with E-state index in [-0.39, 0.29) is 6.61 Å². The van der Waals surface area contributed by atoms with Gasteiger partial charge in [-0.25, -0.2) is 14.3 Å². The molecule has 3 rings (SSSR count). The van der Waals surface area contributed by atoms with E-state index in [1.54, 1.807) is 42.9 Å². The highest BCUT2D eigenvalue weighted by molar-refractivity contribution is 5.95. The number of pyridine rings is 2. The minimum absolute atomic E-state index is 0.188. The van der Waals surface area contributed by atoms with Crippen molar-refractivity contribution in [1.82, 2.24) is 19.6 Å². The summed E-state index contributed by atoms with van der Waals surface area (Å²) >= 11 is 0. The van der Waals surface area contributed by atoms with E-state index in [2.05, 4.69) is 15.1 Å². The first-order chi connectivity index (χ1) is 10.3. The number of hydrogen-bond donors (Lipinski definition) is 0. The van der Waals surface area contributed by atoms with E-state index in [4.69, 9.17) is 9.47 Å². The molecule has 0 aliphatic heterocycles. The smallest absolute Gasteiger partial charge is 0.341 e. The average Bonchev–Trinajstić information content (AvgIpc) is 2.96. The summed E-state index contributed by atoms with van der Waals surface area (Å²) in [5.41, 5.74) is 0.800. The third-order valence-corrected chi connectivity index (χ3v) is 2.81. The van der Waals surface area contributed by atoms with Crippen molar-refractivity contribution in [1.29, 1.82) is 0 Å².